The van der Waals surface area contributed by atoms with Crippen molar-refractivity contribution in [2.75, 3.05) is 5.73 Å². The lowest BCUT2D eigenvalue weighted by molar-refractivity contribution is 0.304. The number of ether oxygens (including phenoxy) is 1. The molecule has 2 aromatic carbocycles. The van der Waals surface area contributed by atoms with Crippen molar-refractivity contribution in [3.05, 3.63) is 56.5 Å². The van der Waals surface area contributed by atoms with Crippen molar-refractivity contribution < 1.29 is 4.74 Å². The number of rotatable bonds is 3. The van der Waals surface area contributed by atoms with Gasteiger partial charge in [-0.1, -0.05) is 29.3 Å². The minimum absolute atomic E-state index is 0.374. The Labute approximate surface area is 124 Å². The van der Waals surface area contributed by atoms with Crippen molar-refractivity contribution in [2.45, 2.75) is 6.61 Å². The van der Waals surface area contributed by atoms with Crippen LogP contribution in [0.3, 0.4) is 0 Å². The molecule has 0 aliphatic heterocycles. The third-order valence-corrected chi connectivity index (χ3v) is 3.56. The van der Waals surface area contributed by atoms with Crippen molar-refractivity contribution in [2.24, 2.45) is 0 Å². The van der Waals surface area contributed by atoms with Gasteiger partial charge in [0, 0.05) is 21.3 Å². The maximum Gasteiger partial charge on any atom is 0.134 e. The predicted molar refractivity (Wildman–Crippen MR) is 79.3 cm³/mol. The lowest BCUT2D eigenvalue weighted by Crippen LogP contribution is -1.97. The molecule has 0 aliphatic rings. The summed E-state index contributed by atoms with van der Waals surface area (Å²) in [5.74, 6) is 0.715. The van der Waals surface area contributed by atoms with Gasteiger partial charge in [-0.2, -0.15) is 0 Å². The molecule has 0 saturated heterocycles. The van der Waals surface area contributed by atoms with E-state index in [2.05, 4.69) is 15.9 Å². The minimum atomic E-state index is 0.374. The van der Waals surface area contributed by atoms with E-state index < -0.39 is 0 Å². The zero-order valence-electron chi connectivity index (χ0n) is 9.29. The van der Waals surface area contributed by atoms with Crippen LogP contribution in [0.25, 0.3) is 0 Å². The van der Waals surface area contributed by atoms with Crippen LogP contribution in [0.15, 0.2) is 40.9 Å². The van der Waals surface area contributed by atoms with E-state index in [1.807, 2.05) is 6.07 Å². The molecule has 0 unspecified atom stereocenters. The summed E-state index contributed by atoms with van der Waals surface area (Å²) in [6, 6.07) is 10.7. The normalized spacial score (nSPS) is 10.4. The van der Waals surface area contributed by atoms with Gasteiger partial charge in [-0.3, -0.25) is 0 Å². The quantitative estimate of drug-likeness (QED) is 0.801. The molecule has 5 heteroatoms. The molecule has 2 aromatic rings. The summed E-state index contributed by atoms with van der Waals surface area (Å²) >= 11 is 15.3. The van der Waals surface area contributed by atoms with E-state index >= 15 is 0 Å². The standard InChI is InChI=1S/C13H10BrCl2NO/c14-11-5-9(15)2-4-13(11)18-7-8-1-3-10(17)6-12(8)16/h1-6H,7,17H2. The largest absolute Gasteiger partial charge is 0.488 e. The molecule has 0 saturated carbocycles. The van der Waals surface area contributed by atoms with Crippen LogP contribution in [-0.2, 0) is 6.61 Å². The SMILES string of the molecule is Nc1ccc(COc2ccc(Cl)cc2Br)c(Cl)c1. The Morgan fingerprint density at radius 3 is 2.56 bits per heavy atom. The van der Waals surface area contributed by atoms with Crippen molar-refractivity contribution in [3.8, 4) is 5.75 Å². The lowest BCUT2D eigenvalue weighted by atomic mass is 10.2. The lowest BCUT2D eigenvalue weighted by Gasteiger charge is -2.10. The highest BCUT2D eigenvalue weighted by molar-refractivity contribution is 9.10. The van der Waals surface area contributed by atoms with Gasteiger partial charge in [-0.25, -0.2) is 0 Å². The van der Waals surface area contributed by atoms with Gasteiger partial charge in [-0.05, 0) is 46.3 Å². The van der Waals surface area contributed by atoms with Gasteiger partial charge < -0.3 is 10.5 Å². The maximum atomic E-state index is 6.07. The van der Waals surface area contributed by atoms with E-state index in [9.17, 15) is 0 Å². The van der Waals surface area contributed by atoms with E-state index in [1.54, 1.807) is 30.3 Å². The van der Waals surface area contributed by atoms with Crippen molar-refractivity contribution in [3.63, 3.8) is 0 Å². The Kier molecular flexibility index (Phi) is 4.38. The molecular formula is C13H10BrCl2NO. The Morgan fingerprint density at radius 1 is 1.11 bits per heavy atom. The Bertz CT molecular complexity index is 523. The Hall–Kier alpha value is -0.900. The number of nitrogens with two attached hydrogens (primary N) is 1. The maximum absolute atomic E-state index is 6.07. The van der Waals surface area contributed by atoms with Crippen LogP contribution in [0.2, 0.25) is 10.0 Å². The molecule has 0 amide bonds. The highest BCUT2D eigenvalue weighted by atomic mass is 79.9. The molecule has 0 aromatic heterocycles. The summed E-state index contributed by atoms with van der Waals surface area (Å²) in [6.45, 7) is 0.374. The number of halogens is 3. The zero-order chi connectivity index (χ0) is 13.1. The van der Waals surface area contributed by atoms with E-state index in [-0.39, 0.29) is 0 Å². The van der Waals surface area contributed by atoms with Gasteiger partial charge in [0.2, 0.25) is 0 Å². The van der Waals surface area contributed by atoms with Gasteiger partial charge in [-0.15, -0.1) is 0 Å². The Balaban J connectivity index is 2.11. The van der Waals surface area contributed by atoms with E-state index in [0.29, 0.717) is 28.1 Å². The summed E-state index contributed by atoms with van der Waals surface area (Å²) in [5, 5.41) is 1.25. The first-order valence-corrected chi connectivity index (χ1v) is 6.73. The molecule has 2 nitrogen and oxygen atoms in total. The van der Waals surface area contributed by atoms with E-state index in [4.69, 9.17) is 33.7 Å². The number of nitrogen functional groups attached to an aromatic ring is 1. The highest BCUT2D eigenvalue weighted by Gasteiger charge is 2.05. The summed E-state index contributed by atoms with van der Waals surface area (Å²) in [6.07, 6.45) is 0. The Morgan fingerprint density at radius 2 is 1.89 bits per heavy atom. The summed E-state index contributed by atoms with van der Waals surface area (Å²) in [5.41, 5.74) is 7.15. The monoisotopic (exact) mass is 345 g/mol. The number of benzene rings is 2. The number of hydrogen-bond acceptors (Lipinski definition) is 2. The average molecular weight is 347 g/mol. The van der Waals surface area contributed by atoms with Crippen molar-refractivity contribution in [1.82, 2.24) is 0 Å². The molecule has 2 N–H and O–H groups in total. The molecule has 0 bridgehead atoms. The second-order valence-electron chi connectivity index (χ2n) is 3.71. The molecule has 0 spiro atoms. The van der Waals surface area contributed by atoms with Gasteiger partial charge in [0.1, 0.15) is 12.4 Å². The second-order valence-corrected chi connectivity index (χ2v) is 5.41. The van der Waals surface area contributed by atoms with Gasteiger partial charge in [0.05, 0.1) is 4.47 Å². The van der Waals surface area contributed by atoms with E-state index in [0.717, 1.165) is 10.0 Å². The molecule has 0 aliphatic carbocycles. The first-order chi connectivity index (χ1) is 8.56. The topological polar surface area (TPSA) is 35.2 Å². The zero-order valence-corrected chi connectivity index (χ0v) is 12.4. The molecule has 0 atom stereocenters. The predicted octanol–water partition coefficient (Wildman–Crippen LogP) is 4.92. The average Bonchev–Trinajstić information content (AvgIpc) is 2.30. The summed E-state index contributed by atoms with van der Waals surface area (Å²) in [7, 11) is 0. The first kappa shape index (κ1) is 13.5. The van der Waals surface area contributed by atoms with E-state index in [1.165, 1.54) is 0 Å². The molecular weight excluding hydrogens is 337 g/mol. The molecule has 18 heavy (non-hydrogen) atoms. The molecule has 0 radical (unpaired) electrons. The van der Waals surface area contributed by atoms with Gasteiger partial charge >= 0.3 is 0 Å². The fourth-order valence-electron chi connectivity index (χ4n) is 1.43. The van der Waals surface area contributed by atoms with Gasteiger partial charge in [0.25, 0.3) is 0 Å². The number of hydrogen-bond donors (Lipinski definition) is 1. The third kappa shape index (κ3) is 3.31. The van der Waals surface area contributed by atoms with Crippen LogP contribution in [0.5, 0.6) is 5.75 Å². The summed E-state index contributed by atoms with van der Waals surface area (Å²) in [4.78, 5) is 0. The third-order valence-electron chi connectivity index (χ3n) is 2.35. The number of anilines is 1. The van der Waals surface area contributed by atoms with Crippen LogP contribution in [0.1, 0.15) is 5.56 Å². The fourth-order valence-corrected chi connectivity index (χ4v) is 2.47. The summed E-state index contributed by atoms with van der Waals surface area (Å²) < 4.78 is 6.47. The molecule has 0 heterocycles. The van der Waals surface area contributed by atoms with Crippen molar-refractivity contribution >= 4 is 44.8 Å². The van der Waals surface area contributed by atoms with Crippen LogP contribution in [-0.4, -0.2) is 0 Å². The van der Waals surface area contributed by atoms with Crippen molar-refractivity contribution in [1.29, 1.82) is 0 Å². The first-order valence-electron chi connectivity index (χ1n) is 5.18. The van der Waals surface area contributed by atoms with Crippen LogP contribution in [0, 0.1) is 0 Å². The van der Waals surface area contributed by atoms with Crippen LogP contribution in [0.4, 0.5) is 5.69 Å². The molecule has 0 fully saturated rings. The van der Waals surface area contributed by atoms with Crippen LogP contribution < -0.4 is 10.5 Å². The van der Waals surface area contributed by atoms with Crippen LogP contribution >= 0.6 is 39.1 Å². The molecule has 2 rings (SSSR count). The smallest absolute Gasteiger partial charge is 0.134 e. The highest BCUT2D eigenvalue weighted by Crippen LogP contribution is 2.29. The second kappa shape index (κ2) is 5.83. The van der Waals surface area contributed by atoms with Gasteiger partial charge in [0.15, 0.2) is 0 Å². The minimum Gasteiger partial charge on any atom is -0.488 e. The fraction of sp³-hybridized carbons (Fsp3) is 0.0769. The molecule has 94 valence electrons.